The van der Waals surface area contributed by atoms with Crippen molar-refractivity contribution in [3.63, 3.8) is 0 Å². The summed E-state index contributed by atoms with van der Waals surface area (Å²) in [6.07, 6.45) is 9.94. The van der Waals surface area contributed by atoms with E-state index >= 15 is 0 Å². The Morgan fingerprint density at radius 1 is 1.22 bits per heavy atom. The Labute approximate surface area is 190 Å². The molecule has 1 heterocycles. The number of hydrogen-bond acceptors (Lipinski definition) is 5. The predicted molar refractivity (Wildman–Crippen MR) is 125 cm³/mol. The van der Waals surface area contributed by atoms with Crippen molar-refractivity contribution in [3.05, 3.63) is 58.9 Å². The molecule has 0 amide bonds. The van der Waals surface area contributed by atoms with E-state index in [0.717, 1.165) is 37.7 Å². The maximum absolute atomic E-state index is 13.0. The maximum atomic E-state index is 13.0. The number of rotatable bonds is 9. The Hall–Kier alpha value is -2.66. The lowest BCUT2D eigenvalue weighted by Crippen LogP contribution is -2.47. The molecular formula is C27H34O5. The third kappa shape index (κ3) is 4.88. The van der Waals surface area contributed by atoms with Crippen LogP contribution in [0.2, 0.25) is 0 Å². The molecule has 3 rings (SSSR count). The lowest BCUT2D eigenvalue weighted by Gasteiger charge is -2.38. The molecule has 32 heavy (non-hydrogen) atoms. The summed E-state index contributed by atoms with van der Waals surface area (Å²) < 4.78 is 5.85. The first-order valence-corrected chi connectivity index (χ1v) is 11.6. The SMILES string of the molecule is CCCCCCC(C)C(=O)CC1C2=COC(c3c(C)cccc3O)=CC2=CC(=O)C1(C)O. The van der Waals surface area contributed by atoms with Gasteiger partial charge in [0.05, 0.1) is 11.8 Å². The molecule has 0 radical (unpaired) electrons. The van der Waals surface area contributed by atoms with Crippen molar-refractivity contribution in [2.24, 2.45) is 11.8 Å². The van der Waals surface area contributed by atoms with E-state index < -0.39 is 17.3 Å². The summed E-state index contributed by atoms with van der Waals surface area (Å²) >= 11 is 0. The first-order chi connectivity index (χ1) is 15.2. The molecular weight excluding hydrogens is 404 g/mol. The van der Waals surface area contributed by atoms with E-state index in [2.05, 4.69) is 6.92 Å². The number of benzene rings is 1. The normalized spacial score (nSPS) is 23.5. The van der Waals surface area contributed by atoms with Gasteiger partial charge >= 0.3 is 0 Å². The summed E-state index contributed by atoms with van der Waals surface area (Å²) in [5, 5.41) is 21.3. The topological polar surface area (TPSA) is 83.8 Å². The average molecular weight is 439 g/mol. The first kappa shape index (κ1) is 24.0. The first-order valence-electron chi connectivity index (χ1n) is 11.6. The van der Waals surface area contributed by atoms with Gasteiger partial charge in [-0.15, -0.1) is 0 Å². The number of unbranched alkanes of at least 4 members (excludes halogenated alkanes) is 3. The zero-order chi connectivity index (χ0) is 23.5. The van der Waals surface area contributed by atoms with E-state index in [1.54, 1.807) is 18.2 Å². The third-order valence-electron chi connectivity index (χ3n) is 6.72. The standard InChI is InChI=1S/C27H34O5/c1-5-6-7-8-10-17(2)23(29)15-21-20-16-32-24(26-18(3)11-9-12-22(26)28)13-19(20)14-25(30)27(21,4)31/h9,11-14,16-17,21,28,31H,5-8,10,15H2,1-4H3. The Morgan fingerprint density at radius 3 is 2.66 bits per heavy atom. The highest BCUT2D eigenvalue weighted by Crippen LogP contribution is 2.43. The van der Waals surface area contributed by atoms with Crippen LogP contribution in [0.5, 0.6) is 5.75 Å². The van der Waals surface area contributed by atoms with E-state index in [1.165, 1.54) is 19.3 Å². The number of phenols is 1. The van der Waals surface area contributed by atoms with Crippen LogP contribution in [0.4, 0.5) is 0 Å². The fraction of sp³-hybridized carbons (Fsp3) is 0.481. The van der Waals surface area contributed by atoms with Gasteiger partial charge in [-0.25, -0.2) is 0 Å². The number of allylic oxidation sites excluding steroid dienone is 2. The fourth-order valence-corrected chi connectivity index (χ4v) is 4.48. The van der Waals surface area contributed by atoms with Crippen LogP contribution >= 0.6 is 0 Å². The summed E-state index contributed by atoms with van der Waals surface area (Å²) in [7, 11) is 0. The second-order valence-corrected chi connectivity index (χ2v) is 9.25. The molecule has 3 unspecified atom stereocenters. The second kappa shape index (κ2) is 9.86. The number of Topliss-reactive ketones (excluding diaryl/α,β-unsaturated/α-hetero) is 1. The zero-order valence-corrected chi connectivity index (χ0v) is 19.5. The second-order valence-electron chi connectivity index (χ2n) is 9.25. The van der Waals surface area contributed by atoms with Crippen molar-refractivity contribution in [1.29, 1.82) is 0 Å². The van der Waals surface area contributed by atoms with E-state index in [9.17, 15) is 19.8 Å². The Kier molecular flexibility index (Phi) is 7.40. The number of fused-ring (bicyclic) bond motifs is 1. The Bertz CT molecular complexity index is 960. The largest absolute Gasteiger partial charge is 0.507 e. The van der Waals surface area contributed by atoms with Crippen LogP contribution in [-0.2, 0) is 14.3 Å². The Morgan fingerprint density at radius 2 is 1.97 bits per heavy atom. The fourth-order valence-electron chi connectivity index (χ4n) is 4.48. The molecule has 1 aromatic rings. The molecule has 5 heteroatoms. The van der Waals surface area contributed by atoms with Crippen molar-refractivity contribution in [2.75, 3.05) is 0 Å². The van der Waals surface area contributed by atoms with E-state index in [-0.39, 0.29) is 23.9 Å². The van der Waals surface area contributed by atoms with Gasteiger partial charge < -0.3 is 14.9 Å². The van der Waals surface area contributed by atoms with Crippen molar-refractivity contribution >= 4 is 17.3 Å². The highest BCUT2D eigenvalue weighted by atomic mass is 16.5. The van der Waals surface area contributed by atoms with Crippen LogP contribution in [0.25, 0.3) is 5.76 Å². The number of hydrogen-bond donors (Lipinski definition) is 2. The molecule has 2 N–H and O–H groups in total. The molecule has 1 aliphatic carbocycles. The number of ether oxygens (including phenoxy) is 1. The molecule has 0 fully saturated rings. The maximum Gasteiger partial charge on any atom is 0.188 e. The summed E-state index contributed by atoms with van der Waals surface area (Å²) in [5.41, 5.74) is 0.969. The molecule has 3 atom stereocenters. The van der Waals surface area contributed by atoms with Crippen LogP contribution in [-0.4, -0.2) is 27.4 Å². The van der Waals surface area contributed by atoms with Crippen LogP contribution in [0.3, 0.4) is 0 Å². The number of carbonyl (C=O) groups excluding carboxylic acids is 2. The summed E-state index contributed by atoms with van der Waals surface area (Å²) in [4.78, 5) is 25.7. The van der Waals surface area contributed by atoms with Crippen molar-refractivity contribution in [3.8, 4) is 5.75 Å². The minimum atomic E-state index is -1.67. The summed E-state index contributed by atoms with van der Waals surface area (Å²) in [6.45, 7) is 7.42. The number of ketones is 2. The molecule has 1 aromatic carbocycles. The monoisotopic (exact) mass is 438 g/mol. The molecule has 5 nitrogen and oxygen atoms in total. The van der Waals surface area contributed by atoms with E-state index in [4.69, 9.17) is 4.74 Å². The van der Waals surface area contributed by atoms with Crippen molar-refractivity contribution < 1.29 is 24.5 Å². The number of aromatic hydroxyl groups is 1. The van der Waals surface area contributed by atoms with Gasteiger partial charge in [0, 0.05) is 23.8 Å². The molecule has 0 saturated carbocycles. The highest BCUT2D eigenvalue weighted by molar-refractivity contribution is 6.02. The number of phenolic OH excluding ortho intramolecular Hbond substituents is 1. The quantitative estimate of drug-likeness (QED) is 0.505. The molecule has 0 spiro atoms. The third-order valence-corrected chi connectivity index (χ3v) is 6.72. The lowest BCUT2D eigenvalue weighted by atomic mass is 9.69. The van der Waals surface area contributed by atoms with Gasteiger partial charge in [-0.05, 0) is 49.6 Å². The van der Waals surface area contributed by atoms with Gasteiger partial charge in [0.1, 0.15) is 22.9 Å². The minimum absolute atomic E-state index is 0.0491. The van der Waals surface area contributed by atoms with Crippen LogP contribution in [0.1, 0.15) is 70.4 Å². The molecule has 0 saturated heterocycles. The minimum Gasteiger partial charge on any atom is -0.507 e. The number of aryl methyl sites for hydroxylation is 1. The average Bonchev–Trinajstić information content (AvgIpc) is 2.74. The molecule has 2 aliphatic rings. The van der Waals surface area contributed by atoms with Gasteiger partial charge in [-0.2, -0.15) is 0 Å². The highest BCUT2D eigenvalue weighted by Gasteiger charge is 2.46. The molecule has 172 valence electrons. The van der Waals surface area contributed by atoms with Gasteiger partial charge in [-0.3, -0.25) is 9.59 Å². The van der Waals surface area contributed by atoms with Crippen LogP contribution in [0, 0.1) is 18.8 Å². The van der Waals surface area contributed by atoms with Crippen LogP contribution in [0.15, 0.2) is 47.8 Å². The number of carbonyl (C=O) groups is 2. The van der Waals surface area contributed by atoms with Crippen molar-refractivity contribution in [2.45, 2.75) is 71.8 Å². The van der Waals surface area contributed by atoms with Gasteiger partial charge in [0.25, 0.3) is 0 Å². The lowest BCUT2D eigenvalue weighted by molar-refractivity contribution is -0.137. The van der Waals surface area contributed by atoms with Crippen LogP contribution < -0.4 is 0 Å². The predicted octanol–water partition coefficient (Wildman–Crippen LogP) is 5.40. The van der Waals surface area contributed by atoms with Gasteiger partial charge in [0.15, 0.2) is 5.78 Å². The van der Waals surface area contributed by atoms with Gasteiger partial charge in [0.2, 0.25) is 0 Å². The zero-order valence-electron chi connectivity index (χ0n) is 19.5. The Balaban J connectivity index is 1.83. The molecule has 1 aliphatic heterocycles. The van der Waals surface area contributed by atoms with Gasteiger partial charge in [-0.1, -0.05) is 51.7 Å². The summed E-state index contributed by atoms with van der Waals surface area (Å²) in [6, 6.07) is 5.21. The molecule has 0 aromatic heterocycles. The van der Waals surface area contributed by atoms with Crippen molar-refractivity contribution in [1.82, 2.24) is 0 Å². The molecule has 0 bridgehead atoms. The smallest absolute Gasteiger partial charge is 0.188 e. The summed E-state index contributed by atoms with van der Waals surface area (Å²) in [5.74, 6) is -0.653. The van der Waals surface area contributed by atoms with E-state index in [0.29, 0.717) is 22.5 Å². The number of aliphatic hydroxyl groups is 1. The van der Waals surface area contributed by atoms with E-state index in [1.807, 2.05) is 19.9 Å².